The molecule has 1 amide bonds. The number of benzene rings is 2. The number of hydrogen-bond acceptors (Lipinski definition) is 8. The second-order valence-corrected chi connectivity index (χ2v) is 7.93. The van der Waals surface area contributed by atoms with Gasteiger partial charge in [-0.3, -0.25) is 9.69 Å². The van der Waals surface area contributed by atoms with Gasteiger partial charge in [-0.1, -0.05) is 11.6 Å². The molecule has 1 aliphatic rings. The lowest BCUT2D eigenvalue weighted by Gasteiger charge is -2.26. The van der Waals surface area contributed by atoms with Gasteiger partial charge in [0.05, 0.1) is 42.9 Å². The number of methoxy groups -OCH3 is 1. The number of anilines is 1. The van der Waals surface area contributed by atoms with Gasteiger partial charge in [0, 0.05) is 37.3 Å². The Labute approximate surface area is 196 Å². The van der Waals surface area contributed by atoms with Crippen molar-refractivity contribution in [2.24, 2.45) is 0 Å². The molecule has 2 aromatic carbocycles. The molecule has 0 saturated carbocycles. The molecule has 2 heterocycles. The molecule has 4 rings (SSSR count). The molecule has 0 unspecified atom stereocenters. The van der Waals surface area contributed by atoms with Crippen LogP contribution in [0.25, 0.3) is 10.9 Å². The number of carbonyl (C=O) groups is 1. The van der Waals surface area contributed by atoms with Crippen LogP contribution in [0.2, 0.25) is 5.02 Å². The van der Waals surface area contributed by atoms with Crippen LogP contribution in [0.15, 0.2) is 36.7 Å². The molecule has 0 bridgehead atoms. The Hall–Kier alpha value is -3.14. The lowest BCUT2D eigenvalue weighted by Crippen LogP contribution is -2.37. The highest BCUT2D eigenvalue weighted by atomic mass is 35.5. The number of rotatable bonds is 8. The van der Waals surface area contributed by atoms with Crippen LogP contribution in [0.5, 0.6) is 17.2 Å². The van der Waals surface area contributed by atoms with E-state index in [9.17, 15) is 9.90 Å². The Balaban J connectivity index is 1.52. The molecule has 1 fully saturated rings. The first-order valence-corrected chi connectivity index (χ1v) is 11.0. The zero-order valence-electron chi connectivity index (χ0n) is 18.2. The largest absolute Gasteiger partial charge is 0.508 e. The number of morpholine rings is 1. The number of nitrogens with zero attached hydrogens (tertiary/aromatic N) is 3. The quantitative estimate of drug-likeness (QED) is 0.481. The van der Waals surface area contributed by atoms with Gasteiger partial charge in [0.15, 0.2) is 0 Å². The maximum absolute atomic E-state index is 12.9. The van der Waals surface area contributed by atoms with Gasteiger partial charge in [-0.05, 0) is 24.6 Å². The van der Waals surface area contributed by atoms with Crippen LogP contribution >= 0.6 is 11.6 Å². The summed E-state index contributed by atoms with van der Waals surface area (Å²) < 4.78 is 16.5. The van der Waals surface area contributed by atoms with Crippen molar-refractivity contribution in [1.82, 2.24) is 14.9 Å². The molecular formula is C23H25ClN4O5. The fourth-order valence-electron chi connectivity index (χ4n) is 3.62. The van der Waals surface area contributed by atoms with Gasteiger partial charge < -0.3 is 24.6 Å². The second kappa shape index (κ2) is 10.7. The van der Waals surface area contributed by atoms with E-state index in [1.807, 2.05) is 0 Å². The highest BCUT2D eigenvalue weighted by Gasteiger charge is 2.17. The zero-order chi connectivity index (χ0) is 23.2. The number of nitrogens with one attached hydrogen (secondary N) is 1. The second-order valence-electron chi connectivity index (χ2n) is 7.52. The van der Waals surface area contributed by atoms with E-state index in [2.05, 4.69) is 20.2 Å². The van der Waals surface area contributed by atoms with Crippen LogP contribution in [0.3, 0.4) is 0 Å². The fourth-order valence-corrected chi connectivity index (χ4v) is 3.82. The number of carbonyl (C=O) groups excluding carboxylic acids is 1. The summed E-state index contributed by atoms with van der Waals surface area (Å²) in [5.74, 6) is 0.699. The van der Waals surface area contributed by atoms with Crippen LogP contribution in [0, 0.1) is 0 Å². The summed E-state index contributed by atoms with van der Waals surface area (Å²) in [6, 6.07) is 7.74. The van der Waals surface area contributed by atoms with E-state index in [-0.39, 0.29) is 11.6 Å². The number of halogens is 1. The summed E-state index contributed by atoms with van der Waals surface area (Å²) in [6.45, 7) is 4.64. The average Bonchev–Trinajstić information content (AvgIpc) is 2.82. The van der Waals surface area contributed by atoms with Crippen molar-refractivity contribution in [2.75, 3.05) is 51.9 Å². The predicted molar refractivity (Wildman–Crippen MR) is 125 cm³/mol. The minimum absolute atomic E-state index is 0.0177. The maximum atomic E-state index is 12.9. The first kappa shape index (κ1) is 23.0. The lowest BCUT2D eigenvalue weighted by molar-refractivity contribution is 0.0358. The van der Waals surface area contributed by atoms with Gasteiger partial charge in [-0.15, -0.1) is 0 Å². The Morgan fingerprint density at radius 2 is 2.03 bits per heavy atom. The molecule has 0 atom stereocenters. The molecular weight excluding hydrogens is 448 g/mol. The lowest BCUT2D eigenvalue weighted by atomic mass is 10.1. The predicted octanol–water partition coefficient (Wildman–Crippen LogP) is 3.35. The number of hydrogen-bond donors (Lipinski definition) is 2. The highest BCUT2D eigenvalue weighted by Crippen LogP contribution is 2.34. The Morgan fingerprint density at radius 1 is 1.21 bits per heavy atom. The van der Waals surface area contributed by atoms with Gasteiger partial charge in [-0.25, -0.2) is 9.97 Å². The van der Waals surface area contributed by atoms with Crippen molar-refractivity contribution in [2.45, 2.75) is 6.42 Å². The van der Waals surface area contributed by atoms with Crippen molar-refractivity contribution in [3.05, 3.63) is 47.2 Å². The molecule has 9 nitrogen and oxygen atoms in total. The van der Waals surface area contributed by atoms with Crippen LogP contribution < -0.4 is 14.8 Å². The molecule has 1 saturated heterocycles. The van der Waals surface area contributed by atoms with E-state index in [4.69, 9.17) is 25.8 Å². The molecule has 33 heavy (non-hydrogen) atoms. The van der Waals surface area contributed by atoms with Crippen molar-refractivity contribution in [3.8, 4) is 17.2 Å². The van der Waals surface area contributed by atoms with Crippen LogP contribution in [0.4, 0.5) is 5.82 Å². The summed E-state index contributed by atoms with van der Waals surface area (Å²) in [5, 5.41) is 13.8. The monoisotopic (exact) mass is 472 g/mol. The van der Waals surface area contributed by atoms with Gasteiger partial charge in [0.25, 0.3) is 5.91 Å². The molecule has 174 valence electrons. The summed E-state index contributed by atoms with van der Waals surface area (Å²) in [7, 11) is 1.48. The number of aromatic nitrogens is 2. The zero-order valence-corrected chi connectivity index (χ0v) is 19.0. The van der Waals surface area contributed by atoms with E-state index in [1.54, 1.807) is 18.2 Å². The van der Waals surface area contributed by atoms with Crippen LogP contribution in [-0.4, -0.2) is 72.4 Å². The van der Waals surface area contributed by atoms with Crippen molar-refractivity contribution < 1.29 is 24.1 Å². The third-order valence-corrected chi connectivity index (χ3v) is 5.62. The van der Waals surface area contributed by atoms with Gasteiger partial charge >= 0.3 is 0 Å². The number of phenols is 1. The number of phenolic OH excluding ortho intramolecular Hbond substituents is 1. The fraction of sp³-hybridized carbons (Fsp3) is 0.348. The molecule has 3 aromatic rings. The highest BCUT2D eigenvalue weighted by molar-refractivity contribution is 6.32. The van der Waals surface area contributed by atoms with Crippen molar-refractivity contribution in [3.63, 3.8) is 0 Å². The Bertz CT molecular complexity index is 1140. The summed E-state index contributed by atoms with van der Waals surface area (Å²) in [6.07, 6.45) is 2.12. The average molecular weight is 473 g/mol. The number of fused-ring (bicyclic) bond motifs is 1. The smallest absolute Gasteiger partial charge is 0.256 e. The first-order chi connectivity index (χ1) is 16.0. The Kier molecular flexibility index (Phi) is 7.43. The molecule has 2 N–H and O–H groups in total. The van der Waals surface area contributed by atoms with Crippen LogP contribution in [0.1, 0.15) is 16.8 Å². The van der Waals surface area contributed by atoms with Gasteiger partial charge in [0.1, 0.15) is 29.4 Å². The molecule has 1 aromatic heterocycles. The molecule has 1 aliphatic heterocycles. The third kappa shape index (κ3) is 5.62. The van der Waals surface area contributed by atoms with E-state index >= 15 is 0 Å². The number of amides is 1. The van der Waals surface area contributed by atoms with E-state index in [0.29, 0.717) is 39.6 Å². The molecule has 0 aliphatic carbocycles. The summed E-state index contributed by atoms with van der Waals surface area (Å²) in [5.41, 5.74) is 0.812. The normalized spacial score (nSPS) is 14.2. The molecule has 10 heteroatoms. The van der Waals surface area contributed by atoms with Crippen molar-refractivity contribution in [1.29, 1.82) is 0 Å². The number of ether oxygens (including phenoxy) is 3. The minimum Gasteiger partial charge on any atom is -0.508 e. The first-order valence-electron chi connectivity index (χ1n) is 10.6. The van der Waals surface area contributed by atoms with Gasteiger partial charge in [-0.2, -0.15) is 0 Å². The standard InChI is InChI=1S/C23H25ClN4O5/c1-31-19-11-15(3-4-17(19)24)23(30)27-22-21-18(25-14-26-22)12-16(29)13-20(21)33-8-2-5-28-6-9-32-10-7-28/h3-4,11-14,29H,2,5-10H2,1H3,(H,25,26,27,30). The Morgan fingerprint density at radius 3 is 2.82 bits per heavy atom. The SMILES string of the molecule is COc1cc(C(=O)Nc2ncnc3cc(O)cc(OCCCN4CCOCC4)c23)ccc1Cl. The van der Waals surface area contributed by atoms with Crippen LogP contribution in [-0.2, 0) is 4.74 Å². The topological polar surface area (TPSA) is 106 Å². The minimum atomic E-state index is -0.392. The molecule has 0 spiro atoms. The van der Waals surface area contributed by atoms with E-state index in [1.165, 1.54) is 25.6 Å². The third-order valence-electron chi connectivity index (χ3n) is 5.31. The molecule has 0 radical (unpaired) electrons. The number of aromatic hydroxyl groups is 1. The van der Waals surface area contributed by atoms with Gasteiger partial charge in [0.2, 0.25) is 0 Å². The van der Waals surface area contributed by atoms with Crippen molar-refractivity contribution >= 4 is 34.2 Å². The summed E-state index contributed by atoms with van der Waals surface area (Å²) in [4.78, 5) is 23.7. The van der Waals surface area contributed by atoms with E-state index < -0.39 is 5.91 Å². The van der Waals surface area contributed by atoms with E-state index in [0.717, 1.165) is 39.3 Å². The summed E-state index contributed by atoms with van der Waals surface area (Å²) >= 11 is 6.06. The maximum Gasteiger partial charge on any atom is 0.256 e.